The Bertz CT molecular complexity index is 788. The van der Waals surface area contributed by atoms with Gasteiger partial charge in [0.05, 0.1) is 19.8 Å². The van der Waals surface area contributed by atoms with Crippen LogP contribution in [0.1, 0.15) is 18.7 Å². The Kier molecular flexibility index (Phi) is 6.26. The number of ether oxygens (including phenoxy) is 2. The van der Waals surface area contributed by atoms with E-state index in [1.165, 1.54) is 5.69 Å². The first kappa shape index (κ1) is 19.7. The minimum atomic E-state index is 0.225. The first-order valence-corrected chi connectivity index (χ1v) is 10.2. The lowest BCUT2D eigenvalue weighted by Crippen LogP contribution is -2.46. The summed E-state index contributed by atoms with van der Waals surface area (Å²) in [6, 6.07) is 8.21. The largest absolute Gasteiger partial charge is 0.497 e. The van der Waals surface area contributed by atoms with Gasteiger partial charge in [0.25, 0.3) is 0 Å². The van der Waals surface area contributed by atoms with Crippen LogP contribution in [-0.4, -0.2) is 72.4 Å². The van der Waals surface area contributed by atoms with Crippen LogP contribution in [0.4, 0.5) is 17.6 Å². The summed E-state index contributed by atoms with van der Waals surface area (Å²) in [4.78, 5) is 17.8. The van der Waals surface area contributed by atoms with Crippen molar-refractivity contribution < 1.29 is 9.47 Å². The third-order valence-electron chi connectivity index (χ3n) is 5.39. The van der Waals surface area contributed by atoms with Crippen LogP contribution in [0.5, 0.6) is 5.75 Å². The topological polar surface area (TPSA) is 102 Å². The van der Waals surface area contributed by atoms with E-state index in [2.05, 4.69) is 42.2 Å². The number of hydrogen-bond donors (Lipinski definition) is 2. The highest BCUT2D eigenvalue weighted by molar-refractivity contribution is 5.49. The van der Waals surface area contributed by atoms with E-state index in [0.29, 0.717) is 24.9 Å². The maximum absolute atomic E-state index is 5.90. The lowest BCUT2D eigenvalue weighted by Gasteiger charge is -2.35. The molecule has 0 amide bonds. The number of rotatable bonds is 7. The zero-order chi connectivity index (χ0) is 20.1. The number of nitrogens with zero attached hydrogens (tertiary/aromatic N) is 5. The van der Waals surface area contributed by atoms with Gasteiger partial charge in [0, 0.05) is 45.0 Å². The maximum atomic E-state index is 5.90. The second kappa shape index (κ2) is 9.23. The quantitative estimate of drug-likeness (QED) is 0.715. The number of nitrogens with one attached hydrogen (secondary N) is 1. The summed E-state index contributed by atoms with van der Waals surface area (Å²) in [5.74, 6) is 2.36. The molecule has 0 bridgehead atoms. The van der Waals surface area contributed by atoms with Gasteiger partial charge in [-0.1, -0.05) is 0 Å². The Morgan fingerprint density at radius 1 is 1.14 bits per heavy atom. The average molecular weight is 399 g/mol. The summed E-state index contributed by atoms with van der Waals surface area (Å²) in [7, 11) is 1.69. The van der Waals surface area contributed by atoms with Gasteiger partial charge in [-0.3, -0.25) is 4.90 Å². The average Bonchev–Trinajstić information content (AvgIpc) is 3.26. The van der Waals surface area contributed by atoms with E-state index < -0.39 is 0 Å². The second-order valence-electron chi connectivity index (χ2n) is 7.41. The van der Waals surface area contributed by atoms with Gasteiger partial charge in [-0.25, -0.2) is 0 Å². The normalized spacial score (nSPS) is 20.0. The molecule has 9 nitrogen and oxygen atoms in total. The minimum Gasteiger partial charge on any atom is -0.497 e. The molecule has 2 aromatic rings. The van der Waals surface area contributed by atoms with Crippen LogP contribution in [0.15, 0.2) is 24.3 Å². The van der Waals surface area contributed by atoms with Crippen molar-refractivity contribution in [1.29, 1.82) is 0 Å². The van der Waals surface area contributed by atoms with Crippen LogP contribution in [0.2, 0.25) is 0 Å². The molecule has 1 unspecified atom stereocenters. The van der Waals surface area contributed by atoms with Gasteiger partial charge in [0.1, 0.15) is 11.6 Å². The lowest BCUT2D eigenvalue weighted by molar-refractivity contribution is 0.120. The molecule has 0 saturated carbocycles. The highest BCUT2D eigenvalue weighted by Gasteiger charge is 2.20. The molecule has 2 aliphatic rings. The zero-order valence-corrected chi connectivity index (χ0v) is 16.9. The maximum Gasteiger partial charge on any atom is 0.227 e. The third-order valence-corrected chi connectivity index (χ3v) is 5.39. The molecule has 0 aliphatic carbocycles. The summed E-state index contributed by atoms with van der Waals surface area (Å²) < 4.78 is 10.9. The molecule has 9 heteroatoms. The Labute approximate surface area is 171 Å². The fourth-order valence-electron chi connectivity index (χ4n) is 3.76. The number of aromatic nitrogens is 3. The number of nitrogen functional groups attached to an aromatic ring is 1. The standard InChI is InChI=1S/C20H29N7O2/c1-28-16-6-4-15(5-7-16)27-10-8-26(9-11-27)14-18-23-19(21)25-20(24-18)22-13-17-3-2-12-29-17/h4-7,17H,2-3,8-14H2,1H3,(H3,21,22,23,24,25). The van der Waals surface area contributed by atoms with Crippen molar-refractivity contribution in [2.45, 2.75) is 25.5 Å². The van der Waals surface area contributed by atoms with Crippen LogP contribution in [0.3, 0.4) is 0 Å². The number of nitrogens with two attached hydrogens (primary N) is 1. The van der Waals surface area contributed by atoms with Crippen molar-refractivity contribution in [3.05, 3.63) is 30.1 Å². The fraction of sp³-hybridized carbons (Fsp3) is 0.550. The number of hydrogen-bond acceptors (Lipinski definition) is 9. The number of piperazine rings is 1. The van der Waals surface area contributed by atoms with Crippen molar-refractivity contribution in [3.63, 3.8) is 0 Å². The number of anilines is 3. The molecular weight excluding hydrogens is 370 g/mol. The molecule has 3 N–H and O–H groups in total. The predicted octanol–water partition coefficient (Wildman–Crippen LogP) is 1.38. The summed E-state index contributed by atoms with van der Waals surface area (Å²) in [5.41, 5.74) is 7.12. The van der Waals surface area contributed by atoms with E-state index in [9.17, 15) is 0 Å². The highest BCUT2D eigenvalue weighted by atomic mass is 16.5. The highest BCUT2D eigenvalue weighted by Crippen LogP contribution is 2.21. The molecule has 1 aromatic heterocycles. The van der Waals surface area contributed by atoms with Crippen molar-refractivity contribution in [3.8, 4) is 5.75 Å². The van der Waals surface area contributed by atoms with Crippen LogP contribution in [-0.2, 0) is 11.3 Å². The predicted molar refractivity (Wildman–Crippen MR) is 112 cm³/mol. The molecule has 156 valence electrons. The monoisotopic (exact) mass is 399 g/mol. The Hall–Kier alpha value is -2.65. The minimum absolute atomic E-state index is 0.225. The molecule has 4 rings (SSSR count). The molecule has 2 aliphatic heterocycles. The summed E-state index contributed by atoms with van der Waals surface area (Å²) >= 11 is 0. The first-order valence-electron chi connectivity index (χ1n) is 10.2. The number of methoxy groups -OCH3 is 1. The van der Waals surface area contributed by atoms with Gasteiger partial charge in [-0.05, 0) is 37.1 Å². The van der Waals surface area contributed by atoms with Gasteiger partial charge in [0.2, 0.25) is 11.9 Å². The molecular formula is C20H29N7O2. The molecule has 2 saturated heterocycles. The Morgan fingerprint density at radius 3 is 2.62 bits per heavy atom. The molecule has 29 heavy (non-hydrogen) atoms. The Morgan fingerprint density at radius 2 is 1.93 bits per heavy atom. The van der Waals surface area contributed by atoms with Crippen LogP contribution in [0.25, 0.3) is 0 Å². The van der Waals surface area contributed by atoms with Gasteiger partial charge < -0.3 is 25.4 Å². The summed E-state index contributed by atoms with van der Waals surface area (Å²) in [6.45, 7) is 5.99. The lowest BCUT2D eigenvalue weighted by atomic mass is 10.2. The number of benzene rings is 1. The molecule has 2 fully saturated rings. The van der Waals surface area contributed by atoms with Crippen molar-refractivity contribution >= 4 is 17.6 Å². The van der Waals surface area contributed by atoms with Gasteiger partial charge >= 0.3 is 0 Å². The van der Waals surface area contributed by atoms with Crippen molar-refractivity contribution in [2.24, 2.45) is 0 Å². The van der Waals surface area contributed by atoms with Crippen LogP contribution >= 0.6 is 0 Å². The Balaban J connectivity index is 1.30. The van der Waals surface area contributed by atoms with E-state index >= 15 is 0 Å². The van der Waals surface area contributed by atoms with Gasteiger partial charge in [0.15, 0.2) is 0 Å². The summed E-state index contributed by atoms with van der Waals surface area (Å²) in [5, 5.41) is 3.24. The van der Waals surface area contributed by atoms with E-state index in [-0.39, 0.29) is 12.1 Å². The van der Waals surface area contributed by atoms with E-state index in [0.717, 1.165) is 51.4 Å². The molecule has 1 aromatic carbocycles. The second-order valence-corrected chi connectivity index (χ2v) is 7.41. The van der Waals surface area contributed by atoms with Crippen LogP contribution in [0, 0.1) is 0 Å². The fourth-order valence-corrected chi connectivity index (χ4v) is 3.76. The molecule has 0 radical (unpaired) electrons. The smallest absolute Gasteiger partial charge is 0.227 e. The van der Waals surface area contributed by atoms with Crippen LogP contribution < -0.4 is 20.7 Å². The van der Waals surface area contributed by atoms with Crippen molar-refractivity contribution in [1.82, 2.24) is 19.9 Å². The SMILES string of the molecule is COc1ccc(N2CCN(Cc3nc(N)nc(NCC4CCCO4)n3)CC2)cc1. The molecule has 3 heterocycles. The first-order chi connectivity index (χ1) is 14.2. The third kappa shape index (κ3) is 5.24. The van der Waals surface area contributed by atoms with E-state index in [1.807, 2.05) is 12.1 Å². The summed E-state index contributed by atoms with van der Waals surface area (Å²) in [6.07, 6.45) is 2.40. The van der Waals surface area contributed by atoms with Crippen molar-refractivity contribution in [2.75, 3.05) is 62.4 Å². The molecule has 1 atom stereocenters. The van der Waals surface area contributed by atoms with Gasteiger partial charge in [-0.2, -0.15) is 15.0 Å². The van der Waals surface area contributed by atoms with E-state index in [4.69, 9.17) is 15.2 Å². The van der Waals surface area contributed by atoms with Gasteiger partial charge in [-0.15, -0.1) is 0 Å². The zero-order valence-electron chi connectivity index (χ0n) is 16.9. The van der Waals surface area contributed by atoms with E-state index in [1.54, 1.807) is 7.11 Å². The molecule has 0 spiro atoms.